The zero-order valence-electron chi connectivity index (χ0n) is 14.9. The van der Waals surface area contributed by atoms with Gasteiger partial charge in [-0.15, -0.1) is 0 Å². The van der Waals surface area contributed by atoms with Crippen molar-refractivity contribution in [2.24, 2.45) is 0 Å². The summed E-state index contributed by atoms with van der Waals surface area (Å²) >= 11 is 0. The van der Waals surface area contributed by atoms with Gasteiger partial charge in [-0.3, -0.25) is 9.59 Å². The number of carbonyl (C=O) groups excluding carboxylic acids is 1. The molecule has 0 radical (unpaired) electrons. The molecule has 2 N–H and O–H groups in total. The first-order valence-electron chi connectivity index (χ1n) is 8.10. The third-order valence-electron chi connectivity index (χ3n) is 3.76. The van der Waals surface area contributed by atoms with Crippen molar-refractivity contribution in [3.8, 4) is 11.4 Å². The lowest BCUT2D eigenvalue weighted by Gasteiger charge is -2.25. The van der Waals surface area contributed by atoms with E-state index in [1.54, 1.807) is 12.1 Å². The van der Waals surface area contributed by atoms with Gasteiger partial charge in [0.25, 0.3) is 0 Å². The van der Waals surface area contributed by atoms with E-state index in [1.165, 1.54) is 13.8 Å². The van der Waals surface area contributed by atoms with Crippen molar-refractivity contribution in [3.63, 3.8) is 0 Å². The first-order chi connectivity index (χ1) is 12.7. The van der Waals surface area contributed by atoms with Crippen LogP contribution < -0.4 is 5.32 Å². The summed E-state index contributed by atoms with van der Waals surface area (Å²) < 4.78 is 26.5. The molecule has 9 nitrogen and oxygen atoms in total. The number of nitrogens with one attached hydrogen (secondary N) is 1. The van der Waals surface area contributed by atoms with E-state index in [4.69, 9.17) is 0 Å². The molecule has 1 unspecified atom stereocenters. The molecule has 0 fully saturated rings. The molecule has 144 valence electrons. The first kappa shape index (κ1) is 20.5. The van der Waals surface area contributed by atoms with Crippen LogP contribution in [0.5, 0.6) is 0 Å². The van der Waals surface area contributed by atoms with Crippen LogP contribution in [0.1, 0.15) is 13.8 Å². The van der Waals surface area contributed by atoms with Crippen molar-refractivity contribution >= 4 is 21.9 Å². The van der Waals surface area contributed by atoms with Crippen LogP contribution >= 0.6 is 0 Å². The number of carboxylic acids is 1. The molecular weight excluding hydrogens is 372 g/mol. The summed E-state index contributed by atoms with van der Waals surface area (Å²) in [6.07, 6.45) is 2.29. The highest BCUT2D eigenvalue weighted by Gasteiger charge is 2.33. The summed E-state index contributed by atoms with van der Waals surface area (Å²) in [6, 6.07) is 7.70. The summed E-state index contributed by atoms with van der Waals surface area (Å²) in [5.41, 5.74) is 0.725. The van der Waals surface area contributed by atoms with E-state index >= 15 is 0 Å². The van der Waals surface area contributed by atoms with Crippen LogP contribution in [0.25, 0.3) is 11.4 Å². The molecule has 0 aliphatic heterocycles. The Kier molecular flexibility index (Phi) is 6.59. The highest BCUT2D eigenvalue weighted by Crippen LogP contribution is 2.19. The number of aromatic nitrogens is 2. The van der Waals surface area contributed by atoms with E-state index < -0.39 is 22.0 Å². The Labute approximate surface area is 157 Å². The Hall–Kier alpha value is -2.85. The number of hydrogen-bond donors (Lipinski definition) is 2. The molecule has 0 saturated heterocycles. The van der Waals surface area contributed by atoms with E-state index in [0.717, 1.165) is 22.3 Å². The van der Waals surface area contributed by atoms with Crippen molar-refractivity contribution in [2.75, 3.05) is 13.1 Å². The number of carbonyl (C=O) groups is 2. The fourth-order valence-corrected chi connectivity index (χ4v) is 3.79. The maximum atomic E-state index is 12.9. The van der Waals surface area contributed by atoms with Gasteiger partial charge in [-0.05, 0) is 6.92 Å². The van der Waals surface area contributed by atoms with Crippen LogP contribution in [0.3, 0.4) is 0 Å². The lowest BCUT2D eigenvalue weighted by molar-refractivity contribution is -0.140. The zero-order valence-corrected chi connectivity index (χ0v) is 15.7. The van der Waals surface area contributed by atoms with E-state index in [-0.39, 0.29) is 23.9 Å². The minimum absolute atomic E-state index is 0.0187. The van der Waals surface area contributed by atoms with E-state index in [0.29, 0.717) is 5.82 Å². The Balaban J connectivity index is 2.30. The lowest BCUT2D eigenvalue weighted by Crippen LogP contribution is -2.46. The second-order valence-electron chi connectivity index (χ2n) is 5.72. The topological polar surface area (TPSA) is 130 Å². The second-order valence-corrected chi connectivity index (χ2v) is 7.61. The van der Waals surface area contributed by atoms with Crippen LogP contribution in [0, 0.1) is 0 Å². The SMILES string of the molecule is CC(=O)NCCN(C(C)C(=O)O)S(=O)(=O)c1cnc(-c2ccccc2)nc1. The molecule has 2 rings (SSSR count). The fraction of sp³-hybridized carbons (Fsp3) is 0.294. The molecule has 2 aromatic rings. The van der Waals surface area contributed by atoms with Gasteiger partial charge in [0.1, 0.15) is 10.9 Å². The first-order valence-corrected chi connectivity index (χ1v) is 9.54. The van der Waals surface area contributed by atoms with E-state index in [1.807, 2.05) is 18.2 Å². The van der Waals surface area contributed by atoms with E-state index in [9.17, 15) is 23.1 Å². The average molecular weight is 392 g/mol. The molecule has 27 heavy (non-hydrogen) atoms. The van der Waals surface area contributed by atoms with Gasteiger partial charge in [0.15, 0.2) is 5.82 Å². The maximum Gasteiger partial charge on any atom is 0.321 e. The van der Waals surface area contributed by atoms with Crippen LogP contribution in [-0.4, -0.2) is 58.8 Å². The molecule has 1 aromatic heterocycles. The molecule has 10 heteroatoms. The predicted octanol–water partition coefficient (Wildman–Crippen LogP) is 0.744. The molecular formula is C17H20N4O5S. The van der Waals surface area contributed by atoms with Crippen molar-refractivity contribution in [1.29, 1.82) is 0 Å². The Morgan fingerprint density at radius 1 is 1.19 bits per heavy atom. The van der Waals surface area contributed by atoms with Gasteiger partial charge in [-0.2, -0.15) is 4.31 Å². The van der Waals surface area contributed by atoms with Crippen molar-refractivity contribution in [2.45, 2.75) is 24.8 Å². The minimum atomic E-state index is -4.17. The van der Waals surface area contributed by atoms with Gasteiger partial charge in [-0.1, -0.05) is 30.3 Å². The molecule has 0 bridgehead atoms. The van der Waals surface area contributed by atoms with Gasteiger partial charge < -0.3 is 10.4 Å². The fourth-order valence-electron chi connectivity index (χ4n) is 2.31. The van der Waals surface area contributed by atoms with Crippen molar-refractivity contribution < 1.29 is 23.1 Å². The number of nitrogens with zero attached hydrogens (tertiary/aromatic N) is 3. The Morgan fingerprint density at radius 3 is 2.30 bits per heavy atom. The summed E-state index contributed by atoms with van der Waals surface area (Å²) in [5.74, 6) is -1.29. The normalized spacial score (nSPS) is 12.6. The molecule has 1 heterocycles. The Bertz CT molecular complexity index is 901. The summed E-state index contributed by atoms with van der Waals surface area (Å²) in [4.78, 5) is 30.3. The molecule has 0 spiro atoms. The highest BCUT2D eigenvalue weighted by atomic mass is 32.2. The molecule has 0 aliphatic rings. The molecule has 0 saturated carbocycles. The summed E-state index contributed by atoms with van der Waals surface area (Å²) in [6.45, 7) is 2.33. The molecule has 1 aromatic carbocycles. The maximum absolute atomic E-state index is 12.9. The van der Waals surface area contributed by atoms with Crippen molar-refractivity contribution in [1.82, 2.24) is 19.6 Å². The number of benzene rings is 1. The monoisotopic (exact) mass is 392 g/mol. The Morgan fingerprint density at radius 2 is 1.78 bits per heavy atom. The highest BCUT2D eigenvalue weighted by molar-refractivity contribution is 7.89. The second kappa shape index (κ2) is 8.69. The summed E-state index contributed by atoms with van der Waals surface area (Å²) in [5, 5.41) is 11.7. The van der Waals surface area contributed by atoms with Crippen LogP contribution in [0.4, 0.5) is 0 Å². The van der Waals surface area contributed by atoms with Gasteiger partial charge >= 0.3 is 5.97 Å². The standard InChI is InChI=1S/C17H20N4O5S/c1-12(17(23)24)21(9-8-18-13(2)22)27(25,26)15-10-19-16(20-11-15)14-6-4-3-5-7-14/h3-7,10-12H,8-9H2,1-2H3,(H,18,22)(H,23,24). The number of sulfonamides is 1. The van der Waals surface area contributed by atoms with E-state index in [2.05, 4.69) is 15.3 Å². The number of hydrogen-bond acceptors (Lipinski definition) is 6. The number of amides is 1. The molecule has 1 atom stereocenters. The number of rotatable bonds is 8. The smallest absolute Gasteiger partial charge is 0.321 e. The third-order valence-corrected chi connectivity index (χ3v) is 5.69. The summed E-state index contributed by atoms with van der Waals surface area (Å²) in [7, 11) is -4.17. The lowest BCUT2D eigenvalue weighted by atomic mass is 10.2. The van der Waals surface area contributed by atoms with Gasteiger partial charge in [0.05, 0.1) is 12.4 Å². The van der Waals surface area contributed by atoms with Gasteiger partial charge in [0.2, 0.25) is 15.9 Å². The average Bonchev–Trinajstić information content (AvgIpc) is 2.65. The van der Waals surface area contributed by atoms with Gasteiger partial charge in [-0.25, -0.2) is 18.4 Å². The number of carboxylic acid groups (broad SMARTS) is 1. The van der Waals surface area contributed by atoms with Crippen LogP contribution in [0.2, 0.25) is 0 Å². The van der Waals surface area contributed by atoms with Crippen LogP contribution in [0.15, 0.2) is 47.6 Å². The quantitative estimate of drug-likeness (QED) is 0.678. The van der Waals surface area contributed by atoms with Gasteiger partial charge in [0, 0.05) is 25.6 Å². The molecule has 0 aliphatic carbocycles. The molecule has 1 amide bonds. The third kappa shape index (κ3) is 5.08. The largest absolute Gasteiger partial charge is 0.480 e. The van der Waals surface area contributed by atoms with Crippen LogP contribution in [-0.2, 0) is 19.6 Å². The zero-order chi connectivity index (χ0) is 20.0. The predicted molar refractivity (Wildman–Crippen MR) is 97.1 cm³/mol. The number of aliphatic carboxylic acids is 1. The van der Waals surface area contributed by atoms with Crippen molar-refractivity contribution in [3.05, 3.63) is 42.7 Å². The minimum Gasteiger partial charge on any atom is -0.480 e.